The molecule has 26 heavy (non-hydrogen) atoms. The van der Waals surface area contributed by atoms with E-state index in [4.69, 9.17) is 10.5 Å². The van der Waals surface area contributed by atoms with Crippen molar-refractivity contribution in [2.75, 3.05) is 23.7 Å². The summed E-state index contributed by atoms with van der Waals surface area (Å²) in [6.45, 7) is 1.06. The van der Waals surface area contributed by atoms with Gasteiger partial charge in [-0.1, -0.05) is 12.1 Å². The van der Waals surface area contributed by atoms with Crippen LogP contribution in [-0.4, -0.2) is 24.2 Å². The zero-order chi connectivity index (χ0) is 18.7. The molecule has 8 heteroatoms. The number of alkyl halides is 3. The number of piperidine rings is 1. The number of pyridine rings is 1. The van der Waals surface area contributed by atoms with E-state index < -0.39 is 11.7 Å². The number of nitriles is 1. The number of hydrogen-bond acceptors (Lipinski definition) is 5. The highest BCUT2D eigenvalue weighted by Crippen LogP contribution is 2.37. The Morgan fingerprint density at radius 1 is 1.23 bits per heavy atom. The van der Waals surface area contributed by atoms with Gasteiger partial charge in [0.05, 0.1) is 23.0 Å². The third-order valence-electron chi connectivity index (χ3n) is 4.24. The van der Waals surface area contributed by atoms with E-state index in [1.54, 1.807) is 6.07 Å². The van der Waals surface area contributed by atoms with Crippen LogP contribution in [0.3, 0.4) is 0 Å². The van der Waals surface area contributed by atoms with Crippen LogP contribution in [0.15, 0.2) is 36.5 Å². The molecule has 2 N–H and O–H groups in total. The third kappa shape index (κ3) is 3.82. The lowest BCUT2D eigenvalue weighted by molar-refractivity contribution is -0.139. The molecular weight excluding hydrogens is 345 g/mol. The summed E-state index contributed by atoms with van der Waals surface area (Å²) in [6, 6.07) is 8.85. The second-order valence-electron chi connectivity index (χ2n) is 6.05. The lowest BCUT2D eigenvalue weighted by Gasteiger charge is -2.33. The molecule has 0 radical (unpaired) electrons. The van der Waals surface area contributed by atoms with E-state index in [0.717, 1.165) is 6.07 Å². The minimum Gasteiger partial charge on any atom is -0.490 e. The summed E-state index contributed by atoms with van der Waals surface area (Å²) in [5.74, 6) is 0.387. The fourth-order valence-corrected chi connectivity index (χ4v) is 2.98. The van der Waals surface area contributed by atoms with Gasteiger partial charge in [0.1, 0.15) is 23.7 Å². The molecule has 0 unspecified atom stereocenters. The first-order valence-electron chi connectivity index (χ1n) is 8.12. The quantitative estimate of drug-likeness (QED) is 0.903. The van der Waals surface area contributed by atoms with Gasteiger partial charge in [0.15, 0.2) is 0 Å². The van der Waals surface area contributed by atoms with Gasteiger partial charge in [0, 0.05) is 25.9 Å². The van der Waals surface area contributed by atoms with E-state index in [0.29, 0.717) is 43.0 Å². The second-order valence-corrected chi connectivity index (χ2v) is 6.05. The summed E-state index contributed by atoms with van der Waals surface area (Å²) >= 11 is 0. The van der Waals surface area contributed by atoms with Crippen molar-refractivity contribution < 1.29 is 17.9 Å². The molecule has 0 atom stereocenters. The number of halogens is 3. The minimum atomic E-state index is -4.45. The van der Waals surface area contributed by atoms with Crippen molar-refractivity contribution in [3.8, 4) is 11.8 Å². The summed E-state index contributed by atoms with van der Waals surface area (Å²) in [5, 5.41) is 9.22. The summed E-state index contributed by atoms with van der Waals surface area (Å²) in [7, 11) is 0. The second kappa shape index (κ2) is 7.12. The largest absolute Gasteiger partial charge is 0.490 e. The van der Waals surface area contributed by atoms with Crippen LogP contribution in [0.4, 0.5) is 24.7 Å². The number of benzene rings is 1. The monoisotopic (exact) mass is 362 g/mol. The molecule has 0 aliphatic carbocycles. The maximum Gasteiger partial charge on any atom is 0.419 e. The van der Waals surface area contributed by atoms with E-state index in [1.807, 2.05) is 4.90 Å². The number of nitrogens with zero attached hydrogens (tertiary/aromatic N) is 3. The summed E-state index contributed by atoms with van der Waals surface area (Å²) in [6.07, 6.45) is -2.23. The predicted molar refractivity (Wildman–Crippen MR) is 90.7 cm³/mol. The molecule has 1 aliphatic rings. The van der Waals surface area contributed by atoms with Crippen molar-refractivity contribution in [3.05, 3.63) is 47.7 Å². The van der Waals surface area contributed by atoms with E-state index in [1.165, 1.54) is 24.4 Å². The Hall–Kier alpha value is -2.95. The Labute approximate surface area is 148 Å². The van der Waals surface area contributed by atoms with E-state index >= 15 is 0 Å². The van der Waals surface area contributed by atoms with Crippen LogP contribution in [0.5, 0.6) is 5.75 Å². The molecule has 0 saturated carbocycles. The van der Waals surface area contributed by atoms with Crippen LogP contribution in [-0.2, 0) is 6.18 Å². The van der Waals surface area contributed by atoms with Crippen molar-refractivity contribution in [3.63, 3.8) is 0 Å². The van der Waals surface area contributed by atoms with Gasteiger partial charge < -0.3 is 15.4 Å². The molecule has 2 aromatic rings. The van der Waals surface area contributed by atoms with Crippen molar-refractivity contribution in [2.24, 2.45) is 0 Å². The average molecular weight is 362 g/mol. The molecule has 3 rings (SSSR count). The highest BCUT2D eigenvalue weighted by atomic mass is 19.4. The van der Waals surface area contributed by atoms with Crippen LogP contribution in [0.25, 0.3) is 0 Å². The molecule has 1 fully saturated rings. The number of ether oxygens (including phenoxy) is 1. The number of nitrogens with two attached hydrogens (primary N) is 1. The zero-order valence-electron chi connectivity index (χ0n) is 13.8. The first-order valence-corrected chi connectivity index (χ1v) is 8.12. The summed E-state index contributed by atoms with van der Waals surface area (Å²) < 4.78 is 44.8. The SMILES string of the molecule is N#Cc1cc(N)cnc1N1CCC(Oc2ccccc2C(F)(F)F)CC1. The van der Waals surface area contributed by atoms with Gasteiger partial charge in [-0.3, -0.25) is 0 Å². The number of aromatic nitrogens is 1. The Bertz CT molecular complexity index is 824. The highest BCUT2D eigenvalue weighted by Gasteiger charge is 2.35. The Morgan fingerprint density at radius 3 is 2.58 bits per heavy atom. The lowest BCUT2D eigenvalue weighted by Crippen LogP contribution is -2.39. The minimum absolute atomic E-state index is 0.151. The molecule has 1 aliphatic heterocycles. The zero-order valence-corrected chi connectivity index (χ0v) is 13.8. The third-order valence-corrected chi connectivity index (χ3v) is 4.24. The standard InChI is InChI=1S/C18H17F3N4O/c19-18(20,21)15-3-1-2-4-16(15)26-14-5-7-25(8-6-14)17-12(10-22)9-13(23)11-24-17/h1-4,9,11,14H,5-8,23H2. The molecule has 136 valence electrons. The number of nitrogen functional groups attached to an aromatic ring is 1. The highest BCUT2D eigenvalue weighted by molar-refractivity contribution is 5.59. The molecule has 0 amide bonds. The first-order chi connectivity index (χ1) is 12.4. The number of anilines is 2. The van der Waals surface area contributed by atoms with Crippen molar-refractivity contribution in [1.82, 2.24) is 4.98 Å². The predicted octanol–water partition coefficient (Wildman–Crippen LogP) is 3.60. The number of para-hydroxylation sites is 1. The van der Waals surface area contributed by atoms with E-state index in [9.17, 15) is 18.4 Å². The van der Waals surface area contributed by atoms with Crippen LogP contribution < -0.4 is 15.4 Å². The maximum absolute atomic E-state index is 13.1. The van der Waals surface area contributed by atoms with Gasteiger partial charge in [-0.25, -0.2) is 4.98 Å². The lowest BCUT2D eigenvalue weighted by atomic mass is 10.1. The van der Waals surface area contributed by atoms with Crippen LogP contribution in [0.1, 0.15) is 24.0 Å². The smallest absolute Gasteiger partial charge is 0.419 e. The van der Waals surface area contributed by atoms with Crippen molar-refractivity contribution in [1.29, 1.82) is 5.26 Å². The Morgan fingerprint density at radius 2 is 1.92 bits per heavy atom. The van der Waals surface area contributed by atoms with E-state index in [2.05, 4.69) is 11.1 Å². The van der Waals surface area contributed by atoms with Crippen LogP contribution in [0.2, 0.25) is 0 Å². The Balaban J connectivity index is 1.68. The molecule has 1 aromatic heterocycles. The molecule has 0 bridgehead atoms. The van der Waals surface area contributed by atoms with Gasteiger partial charge in [-0.15, -0.1) is 0 Å². The fourth-order valence-electron chi connectivity index (χ4n) is 2.98. The summed E-state index contributed by atoms with van der Waals surface area (Å²) in [4.78, 5) is 6.14. The number of rotatable bonds is 3. The maximum atomic E-state index is 13.1. The van der Waals surface area contributed by atoms with Gasteiger partial charge in [0.25, 0.3) is 0 Å². The number of hydrogen-bond donors (Lipinski definition) is 1. The van der Waals surface area contributed by atoms with Crippen molar-refractivity contribution in [2.45, 2.75) is 25.1 Å². The molecule has 1 saturated heterocycles. The summed E-state index contributed by atoms with van der Waals surface area (Å²) in [5.41, 5.74) is 5.67. The molecular formula is C18H17F3N4O. The normalized spacial score (nSPS) is 15.5. The molecule has 5 nitrogen and oxygen atoms in total. The topological polar surface area (TPSA) is 75.2 Å². The molecule has 0 spiro atoms. The van der Waals surface area contributed by atoms with E-state index in [-0.39, 0.29) is 11.9 Å². The van der Waals surface area contributed by atoms with Gasteiger partial charge in [0.2, 0.25) is 0 Å². The van der Waals surface area contributed by atoms with Gasteiger partial charge >= 0.3 is 6.18 Å². The fraction of sp³-hybridized carbons (Fsp3) is 0.333. The van der Waals surface area contributed by atoms with Gasteiger partial charge in [-0.2, -0.15) is 18.4 Å². The van der Waals surface area contributed by atoms with Crippen LogP contribution >= 0.6 is 0 Å². The molecule has 2 heterocycles. The Kier molecular flexibility index (Phi) is 4.89. The first kappa shape index (κ1) is 17.9. The van der Waals surface area contributed by atoms with Crippen molar-refractivity contribution >= 4 is 11.5 Å². The van der Waals surface area contributed by atoms with Crippen LogP contribution in [0, 0.1) is 11.3 Å². The average Bonchev–Trinajstić information content (AvgIpc) is 2.62. The molecule has 1 aromatic carbocycles. The van der Waals surface area contributed by atoms with Gasteiger partial charge in [-0.05, 0) is 18.2 Å².